The van der Waals surface area contributed by atoms with E-state index in [-0.39, 0.29) is 24.6 Å². The zero-order valence-corrected chi connectivity index (χ0v) is 8.78. The minimum Gasteiger partial charge on any atom is -0.324 e. The van der Waals surface area contributed by atoms with E-state index in [1.165, 1.54) is 6.07 Å². The predicted octanol–water partition coefficient (Wildman–Crippen LogP) is 2.92. The molecule has 1 aromatic rings. The van der Waals surface area contributed by atoms with E-state index in [4.69, 9.17) is 5.73 Å². The minimum absolute atomic E-state index is 0. The van der Waals surface area contributed by atoms with Crippen LogP contribution in [0.3, 0.4) is 0 Å². The first-order valence-electron chi connectivity index (χ1n) is 4.23. The Hall–Kier alpha value is -0.670. The van der Waals surface area contributed by atoms with Crippen molar-refractivity contribution >= 4 is 12.4 Å². The Morgan fingerprint density at radius 2 is 2.07 bits per heavy atom. The van der Waals surface area contributed by atoms with E-state index >= 15 is 0 Å². The summed E-state index contributed by atoms with van der Waals surface area (Å²) in [6.45, 7) is 1.18. The summed E-state index contributed by atoms with van der Waals surface area (Å²) < 4.78 is 25.0. The van der Waals surface area contributed by atoms with Crippen LogP contribution in [0, 0.1) is 12.7 Å². The highest BCUT2D eigenvalue weighted by Crippen LogP contribution is 2.20. The van der Waals surface area contributed by atoms with Crippen molar-refractivity contribution in [2.75, 3.05) is 6.67 Å². The minimum atomic E-state index is -0.475. The zero-order valence-electron chi connectivity index (χ0n) is 7.97. The molecule has 1 atom stereocenters. The van der Waals surface area contributed by atoms with Gasteiger partial charge in [0.2, 0.25) is 0 Å². The van der Waals surface area contributed by atoms with Crippen LogP contribution in [0.1, 0.15) is 23.6 Å². The topological polar surface area (TPSA) is 26.0 Å². The molecular weight excluding hydrogens is 208 g/mol. The van der Waals surface area contributed by atoms with Gasteiger partial charge >= 0.3 is 0 Å². The molecule has 0 spiro atoms. The number of halogens is 3. The van der Waals surface area contributed by atoms with E-state index in [2.05, 4.69) is 0 Å². The molecule has 0 heterocycles. The first kappa shape index (κ1) is 13.3. The van der Waals surface area contributed by atoms with Crippen molar-refractivity contribution in [3.8, 4) is 0 Å². The van der Waals surface area contributed by atoms with Crippen molar-refractivity contribution in [1.82, 2.24) is 0 Å². The Balaban J connectivity index is 0.00000169. The van der Waals surface area contributed by atoms with Crippen molar-refractivity contribution < 1.29 is 8.78 Å². The Morgan fingerprint density at radius 1 is 1.43 bits per heavy atom. The average molecular weight is 222 g/mol. The third-order valence-electron chi connectivity index (χ3n) is 2.13. The number of alkyl halides is 1. The van der Waals surface area contributed by atoms with E-state index in [1.54, 1.807) is 19.1 Å². The first-order chi connectivity index (χ1) is 6.16. The SMILES string of the molecule is Cc1c(F)cccc1[C@@H](N)CCF.Cl. The summed E-state index contributed by atoms with van der Waals surface area (Å²) >= 11 is 0. The van der Waals surface area contributed by atoms with Gasteiger partial charge in [0, 0.05) is 6.04 Å². The summed E-state index contributed by atoms with van der Waals surface area (Å²) in [6, 6.07) is 4.30. The van der Waals surface area contributed by atoms with Crippen LogP contribution in [-0.2, 0) is 0 Å². The normalized spacial score (nSPS) is 12.0. The van der Waals surface area contributed by atoms with Crippen LogP contribution in [0.5, 0.6) is 0 Å². The van der Waals surface area contributed by atoms with E-state index in [0.717, 1.165) is 0 Å². The molecule has 0 amide bonds. The number of rotatable bonds is 3. The molecule has 2 N–H and O–H groups in total. The molecule has 0 aliphatic carbocycles. The van der Waals surface area contributed by atoms with Crippen molar-refractivity contribution in [3.05, 3.63) is 35.1 Å². The van der Waals surface area contributed by atoms with Gasteiger partial charge in [-0.1, -0.05) is 12.1 Å². The van der Waals surface area contributed by atoms with Crippen molar-refractivity contribution in [1.29, 1.82) is 0 Å². The average Bonchev–Trinajstić information content (AvgIpc) is 2.10. The lowest BCUT2D eigenvalue weighted by Gasteiger charge is -2.12. The Kier molecular flexibility index (Phi) is 5.65. The zero-order chi connectivity index (χ0) is 9.84. The van der Waals surface area contributed by atoms with Crippen LogP contribution in [0.4, 0.5) is 8.78 Å². The lowest BCUT2D eigenvalue weighted by Crippen LogP contribution is -2.13. The molecule has 14 heavy (non-hydrogen) atoms. The summed E-state index contributed by atoms with van der Waals surface area (Å²) in [4.78, 5) is 0. The molecule has 0 fully saturated rings. The lowest BCUT2D eigenvalue weighted by molar-refractivity contribution is 0.440. The summed E-state index contributed by atoms with van der Waals surface area (Å²) in [5.41, 5.74) is 6.88. The monoisotopic (exact) mass is 221 g/mol. The van der Waals surface area contributed by atoms with E-state index in [9.17, 15) is 8.78 Å². The fourth-order valence-corrected chi connectivity index (χ4v) is 1.30. The highest BCUT2D eigenvalue weighted by atomic mass is 35.5. The molecule has 0 unspecified atom stereocenters. The smallest absolute Gasteiger partial charge is 0.126 e. The molecule has 0 saturated carbocycles. The van der Waals surface area contributed by atoms with Gasteiger partial charge in [0.05, 0.1) is 6.67 Å². The predicted molar refractivity (Wildman–Crippen MR) is 55.9 cm³/mol. The van der Waals surface area contributed by atoms with Gasteiger partial charge in [-0.3, -0.25) is 4.39 Å². The van der Waals surface area contributed by atoms with Crippen LogP contribution >= 0.6 is 12.4 Å². The second kappa shape index (κ2) is 5.94. The van der Waals surface area contributed by atoms with E-state index < -0.39 is 12.7 Å². The number of hydrogen-bond donors (Lipinski definition) is 1. The second-order valence-electron chi connectivity index (χ2n) is 3.04. The molecule has 4 heteroatoms. The molecule has 0 aromatic heterocycles. The molecule has 0 saturated heterocycles. The maximum atomic E-state index is 13.0. The largest absolute Gasteiger partial charge is 0.324 e. The highest BCUT2D eigenvalue weighted by Gasteiger charge is 2.10. The molecule has 80 valence electrons. The van der Waals surface area contributed by atoms with Gasteiger partial charge in [-0.15, -0.1) is 12.4 Å². The van der Waals surface area contributed by atoms with Crippen LogP contribution in [0.25, 0.3) is 0 Å². The number of hydrogen-bond acceptors (Lipinski definition) is 1. The lowest BCUT2D eigenvalue weighted by atomic mass is 10.00. The Labute approximate surface area is 88.7 Å². The van der Waals surface area contributed by atoms with Crippen LogP contribution in [0.2, 0.25) is 0 Å². The molecule has 0 bridgehead atoms. The molecular formula is C10H14ClF2N. The van der Waals surface area contributed by atoms with Gasteiger partial charge in [0.25, 0.3) is 0 Å². The fourth-order valence-electron chi connectivity index (χ4n) is 1.30. The number of benzene rings is 1. The van der Waals surface area contributed by atoms with Crippen molar-refractivity contribution in [2.24, 2.45) is 5.73 Å². The standard InChI is InChI=1S/C10H13F2N.ClH/c1-7-8(10(13)5-6-11)3-2-4-9(7)12;/h2-4,10H,5-6,13H2,1H3;1H/t10-;/m0./s1. The van der Waals surface area contributed by atoms with Gasteiger partial charge in [-0.25, -0.2) is 4.39 Å². The Bertz CT molecular complexity index is 291. The molecule has 1 nitrogen and oxygen atoms in total. The maximum Gasteiger partial charge on any atom is 0.126 e. The molecule has 1 aromatic carbocycles. The van der Waals surface area contributed by atoms with E-state index in [0.29, 0.717) is 11.1 Å². The van der Waals surface area contributed by atoms with Gasteiger partial charge in [0.15, 0.2) is 0 Å². The molecule has 0 radical (unpaired) electrons. The third-order valence-corrected chi connectivity index (χ3v) is 2.13. The van der Waals surface area contributed by atoms with Gasteiger partial charge < -0.3 is 5.73 Å². The summed E-state index contributed by atoms with van der Waals surface area (Å²) in [7, 11) is 0. The summed E-state index contributed by atoms with van der Waals surface area (Å²) in [5, 5.41) is 0. The third kappa shape index (κ3) is 2.93. The van der Waals surface area contributed by atoms with Crippen molar-refractivity contribution in [3.63, 3.8) is 0 Å². The van der Waals surface area contributed by atoms with Crippen molar-refractivity contribution in [2.45, 2.75) is 19.4 Å². The van der Waals surface area contributed by atoms with Crippen LogP contribution in [0.15, 0.2) is 18.2 Å². The molecule has 1 rings (SSSR count). The van der Waals surface area contributed by atoms with Gasteiger partial charge in [-0.05, 0) is 30.5 Å². The summed E-state index contributed by atoms with van der Waals surface area (Å²) in [6.07, 6.45) is 0.240. The quantitative estimate of drug-likeness (QED) is 0.835. The Morgan fingerprint density at radius 3 is 2.64 bits per heavy atom. The first-order valence-corrected chi connectivity index (χ1v) is 4.23. The molecule has 0 aliphatic rings. The number of nitrogens with two attached hydrogens (primary N) is 1. The van der Waals surface area contributed by atoms with Gasteiger partial charge in [-0.2, -0.15) is 0 Å². The van der Waals surface area contributed by atoms with Crippen LogP contribution < -0.4 is 5.73 Å². The summed E-state index contributed by atoms with van der Waals surface area (Å²) in [5.74, 6) is -0.285. The maximum absolute atomic E-state index is 13.0. The van der Waals surface area contributed by atoms with E-state index in [1.807, 2.05) is 0 Å². The van der Waals surface area contributed by atoms with Crippen LogP contribution in [-0.4, -0.2) is 6.67 Å². The van der Waals surface area contributed by atoms with Gasteiger partial charge in [0.1, 0.15) is 5.82 Å². The molecule has 0 aliphatic heterocycles. The second-order valence-corrected chi connectivity index (χ2v) is 3.04. The fraction of sp³-hybridized carbons (Fsp3) is 0.400. The highest BCUT2D eigenvalue weighted by molar-refractivity contribution is 5.85.